The first kappa shape index (κ1) is 56.5. The molecule has 0 bridgehead atoms. The third-order valence-electron chi connectivity index (χ3n) is 13.8. The van der Waals surface area contributed by atoms with E-state index in [1.165, 1.54) is 54.6 Å². The van der Waals surface area contributed by atoms with Gasteiger partial charge in [-0.05, 0) is 110 Å². The Balaban J connectivity index is 1.16. The van der Waals surface area contributed by atoms with Crippen molar-refractivity contribution in [1.29, 1.82) is 0 Å². The number of aliphatic hydroxyl groups is 10. The van der Waals surface area contributed by atoms with Gasteiger partial charge in [0.1, 0.15) is 67.2 Å². The molecule has 0 aromatic heterocycles. The molecular formula is C50H62O23. The minimum atomic E-state index is -1.73. The molecule has 0 unspecified atom stereocenters. The molecule has 2 aromatic rings. The van der Waals surface area contributed by atoms with Gasteiger partial charge in [0.15, 0.2) is 11.5 Å². The van der Waals surface area contributed by atoms with E-state index in [0.717, 1.165) is 24.7 Å². The second-order valence-electron chi connectivity index (χ2n) is 18.7. The summed E-state index contributed by atoms with van der Waals surface area (Å²) < 4.78 is 33.0. The van der Waals surface area contributed by atoms with Gasteiger partial charge in [0.25, 0.3) is 0 Å². The molecule has 0 amide bonds. The average Bonchev–Trinajstić information content (AvgIpc) is 3.38. The number of hydrogen-bond donors (Lipinski definition) is 13. The molecule has 0 radical (unpaired) electrons. The molecular weight excluding hydrogens is 969 g/mol. The van der Waals surface area contributed by atoms with Gasteiger partial charge in [-0.25, -0.2) is 9.59 Å². The number of phenols is 3. The van der Waals surface area contributed by atoms with Crippen LogP contribution < -0.4 is 0 Å². The number of aromatic hydroxyl groups is 3. The second-order valence-corrected chi connectivity index (χ2v) is 18.7. The van der Waals surface area contributed by atoms with E-state index in [1.807, 2.05) is 0 Å². The number of carbonyl (C=O) groups excluding carboxylic acids is 4. The molecule has 23 nitrogen and oxygen atoms in total. The first-order valence-corrected chi connectivity index (χ1v) is 23.4. The second kappa shape index (κ2) is 25.0. The molecule has 2 heterocycles. The van der Waals surface area contributed by atoms with Crippen molar-refractivity contribution in [3.05, 3.63) is 89.4 Å². The van der Waals surface area contributed by atoms with E-state index >= 15 is 0 Å². The fraction of sp³-hybridized carbons (Fsp3) is 0.520. The first-order chi connectivity index (χ1) is 34.8. The van der Waals surface area contributed by atoms with E-state index in [2.05, 4.69) is 0 Å². The molecule has 2 aromatic carbocycles. The van der Waals surface area contributed by atoms with Crippen LogP contribution in [0.25, 0.3) is 12.2 Å². The van der Waals surface area contributed by atoms with Crippen molar-refractivity contribution in [1.82, 2.24) is 0 Å². The van der Waals surface area contributed by atoms with Crippen molar-refractivity contribution in [2.24, 2.45) is 22.7 Å². The van der Waals surface area contributed by atoms with E-state index < -0.39 is 139 Å². The summed E-state index contributed by atoms with van der Waals surface area (Å²) in [5, 5.41) is 133. The number of phenolic OH excluding ortho intramolecular Hbond substituents is 3. The third kappa shape index (κ3) is 13.3. The van der Waals surface area contributed by atoms with E-state index in [1.54, 1.807) is 0 Å². The zero-order chi connectivity index (χ0) is 53.2. The summed E-state index contributed by atoms with van der Waals surface area (Å²) >= 11 is 0. The minimum absolute atomic E-state index is 0.0122. The summed E-state index contributed by atoms with van der Waals surface area (Å²) in [4.78, 5) is 53.4. The number of rotatable bonds is 19. The summed E-state index contributed by atoms with van der Waals surface area (Å²) in [7, 11) is 0. The van der Waals surface area contributed by atoms with Crippen molar-refractivity contribution in [3.8, 4) is 17.2 Å². The molecule has 0 spiro atoms. The van der Waals surface area contributed by atoms with Gasteiger partial charge in [-0.3, -0.25) is 0 Å². The van der Waals surface area contributed by atoms with E-state index in [4.69, 9.17) is 28.4 Å². The monoisotopic (exact) mass is 1030 g/mol. The number of hydrogen-bond acceptors (Lipinski definition) is 23. The Morgan fingerprint density at radius 1 is 0.575 bits per heavy atom. The molecule has 6 rings (SSSR count). The van der Waals surface area contributed by atoms with Gasteiger partial charge in [0.2, 0.25) is 12.6 Å². The fourth-order valence-electron chi connectivity index (χ4n) is 9.01. The molecule has 4 fully saturated rings. The summed E-state index contributed by atoms with van der Waals surface area (Å²) in [6, 6.07) is 9.12. The molecule has 23 heteroatoms. The lowest BCUT2D eigenvalue weighted by Gasteiger charge is -2.40. The summed E-state index contributed by atoms with van der Waals surface area (Å²) in [5.41, 5.74) is -3.37. The lowest BCUT2D eigenvalue weighted by molar-refractivity contribution is -0.288. The zero-order valence-corrected chi connectivity index (χ0v) is 39.2. The van der Waals surface area contributed by atoms with Crippen molar-refractivity contribution in [2.75, 3.05) is 26.4 Å². The quantitative estimate of drug-likeness (QED) is 0.0194. The van der Waals surface area contributed by atoms with E-state index in [-0.39, 0.29) is 68.6 Å². The molecule has 73 heavy (non-hydrogen) atoms. The standard InChI is InChI=1S/C50H62O23/c51-20-35-39(60)41(62)43(64)47(72-35)68-13-11-49(24-53)9-7-28(18-37(49)58)22-70-45(66)31(15-26-1-4-30(55)5-2-26)32(16-27-3-6-33(56)34(57)17-27)46(67)71-23-29-8-10-50(25-54,38(59)19-29)12-14-69-48-44(65)42(63)40(61)36(21-52)73-48/h1-6,11-17,24-25,28-29,35-44,47-48,51-52,55-65H,7-10,18-23H2/t28-,29-,35+,36+,37-,38-,39+,40+,41-,42-,43+,44+,47+,48+,49+,50+/m0/s1. The molecule has 4 aliphatic rings. The van der Waals surface area contributed by atoms with Crippen LogP contribution in [0.2, 0.25) is 0 Å². The van der Waals surface area contributed by atoms with Crippen molar-refractivity contribution < 1.29 is 114 Å². The number of ether oxygens (including phenoxy) is 6. The Morgan fingerprint density at radius 2 is 1.00 bits per heavy atom. The van der Waals surface area contributed by atoms with Crippen LogP contribution in [-0.2, 0) is 47.6 Å². The van der Waals surface area contributed by atoms with Gasteiger partial charge in [0.05, 0.1) is 73.1 Å². The highest BCUT2D eigenvalue weighted by Gasteiger charge is 2.47. The minimum Gasteiger partial charge on any atom is -0.508 e. The number of esters is 2. The van der Waals surface area contributed by atoms with Crippen molar-refractivity contribution >= 4 is 36.7 Å². The van der Waals surface area contributed by atoms with Gasteiger partial charge < -0.3 is 104 Å². The highest BCUT2D eigenvalue weighted by atomic mass is 16.7. The Kier molecular flexibility index (Phi) is 19.3. The van der Waals surface area contributed by atoms with Gasteiger partial charge in [-0.15, -0.1) is 0 Å². The predicted molar refractivity (Wildman–Crippen MR) is 247 cm³/mol. The summed E-state index contributed by atoms with van der Waals surface area (Å²) in [5.74, 6) is -4.39. The molecule has 400 valence electrons. The van der Waals surface area contributed by atoms with Crippen LogP contribution >= 0.6 is 0 Å². The maximum atomic E-state index is 14.3. The number of benzene rings is 2. The number of aliphatic hydroxyl groups excluding tert-OH is 10. The highest BCUT2D eigenvalue weighted by Crippen LogP contribution is 2.41. The number of aldehydes is 2. The zero-order valence-electron chi connectivity index (χ0n) is 39.2. The highest BCUT2D eigenvalue weighted by molar-refractivity contribution is 6.12. The molecule has 2 aliphatic heterocycles. The van der Waals surface area contributed by atoms with Gasteiger partial charge >= 0.3 is 11.9 Å². The Bertz CT molecular complexity index is 2330. The van der Waals surface area contributed by atoms with Gasteiger partial charge in [0, 0.05) is 0 Å². The van der Waals surface area contributed by atoms with Gasteiger partial charge in [-0.1, -0.05) is 18.2 Å². The average molecular weight is 1030 g/mol. The van der Waals surface area contributed by atoms with Crippen LogP contribution in [0.1, 0.15) is 49.7 Å². The SMILES string of the molecule is O=C[C@]1(C=CO[C@@H]2O[C@H](CO)[C@@H](O)[C@H](O)[C@H]2O)CC[C@H](COC(=O)C(=Cc2ccc(O)cc2)C(=Cc2ccc(O)c(O)c2)C(=O)OC[C@H]2CC[C@](C=O)(C=CO[C@@H]3O[C@H](CO)[C@@H](O)[C@H](O)[C@H]3O)[C@@H](O)C2)C[C@@H]1O. The first-order valence-electron chi connectivity index (χ1n) is 23.4. The van der Waals surface area contributed by atoms with Crippen LogP contribution in [0.15, 0.2) is 78.3 Å². The van der Waals surface area contributed by atoms with Crippen molar-refractivity contribution in [2.45, 2.75) is 112 Å². The van der Waals surface area contributed by atoms with Crippen molar-refractivity contribution in [3.63, 3.8) is 0 Å². The van der Waals surface area contributed by atoms with Crippen LogP contribution in [0.5, 0.6) is 17.2 Å². The van der Waals surface area contributed by atoms with E-state index in [9.17, 15) is 85.6 Å². The predicted octanol–water partition coefficient (Wildman–Crippen LogP) is -1.29. The summed E-state index contributed by atoms with van der Waals surface area (Å²) in [6.07, 6.45) is -10.2. The van der Waals surface area contributed by atoms with Crippen LogP contribution in [0.4, 0.5) is 0 Å². The molecule has 13 N–H and O–H groups in total. The summed E-state index contributed by atoms with van der Waals surface area (Å²) in [6.45, 7) is -2.06. The normalized spacial score (nSPS) is 35.3. The van der Waals surface area contributed by atoms with Crippen LogP contribution in [-0.4, -0.2) is 191 Å². The lowest BCUT2D eigenvalue weighted by Crippen LogP contribution is -2.58. The maximum absolute atomic E-state index is 14.3. The Labute approximate surface area is 417 Å². The number of carbonyl (C=O) groups is 4. The van der Waals surface area contributed by atoms with Crippen LogP contribution in [0, 0.1) is 22.7 Å². The fourth-order valence-corrected chi connectivity index (χ4v) is 9.01. The third-order valence-corrected chi connectivity index (χ3v) is 13.8. The Morgan fingerprint density at radius 3 is 1.40 bits per heavy atom. The topological polar surface area (TPSA) is 387 Å². The van der Waals surface area contributed by atoms with Crippen LogP contribution in [0.3, 0.4) is 0 Å². The smallest absolute Gasteiger partial charge is 0.339 e. The maximum Gasteiger partial charge on any atom is 0.339 e. The molecule has 2 aliphatic carbocycles. The molecule has 16 atom stereocenters. The Hall–Kier alpha value is -5.80. The largest absolute Gasteiger partial charge is 0.508 e. The molecule has 2 saturated heterocycles. The van der Waals surface area contributed by atoms with Gasteiger partial charge in [-0.2, -0.15) is 0 Å². The van der Waals surface area contributed by atoms with E-state index in [0.29, 0.717) is 18.1 Å². The lowest BCUT2D eigenvalue weighted by atomic mass is 9.69. The molecule has 2 saturated carbocycles.